The minimum Gasteiger partial charge on any atom is -0.496 e. The molecule has 0 bridgehead atoms. The lowest BCUT2D eigenvalue weighted by Crippen LogP contribution is -3.19. The number of nitrogens with one attached hydrogen (secondary N) is 2. The van der Waals surface area contributed by atoms with Gasteiger partial charge in [0.15, 0.2) is 6.04 Å². The lowest BCUT2D eigenvalue weighted by Gasteiger charge is -2.36. The molecule has 1 aliphatic heterocycles. The molecule has 2 aromatic carbocycles. The standard InChI is InChI=1S/C22H26F3N3O2/c1-16(21(29)26-15-17-6-3-4-9-20(17)30-2)27-10-12-28(13-11-27)19-8-5-7-18(14-19)22(23,24)25/h3-9,14,16H,10-13,15H2,1-2H3,(H,26,29)/p+1/t16-/m0/s1. The molecule has 2 aromatic rings. The van der Waals surface area contributed by atoms with Crippen molar-refractivity contribution in [1.82, 2.24) is 5.32 Å². The van der Waals surface area contributed by atoms with Crippen molar-refractivity contribution < 1.29 is 27.6 Å². The van der Waals surface area contributed by atoms with Crippen LogP contribution in [-0.2, 0) is 17.5 Å². The Hall–Kier alpha value is -2.74. The van der Waals surface area contributed by atoms with Gasteiger partial charge in [-0.05, 0) is 31.2 Å². The minimum atomic E-state index is -4.35. The van der Waals surface area contributed by atoms with E-state index in [1.54, 1.807) is 13.2 Å². The molecule has 30 heavy (non-hydrogen) atoms. The van der Waals surface area contributed by atoms with Crippen LogP contribution >= 0.6 is 0 Å². The molecule has 0 aromatic heterocycles. The normalized spacial score (nSPS) is 16.2. The van der Waals surface area contributed by atoms with Crippen LogP contribution in [-0.4, -0.2) is 45.2 Å². The Labute approximate surface area is 174 Å². The summed E-state index contributed by atoms with van der Waals surface area (Å²) in [4.78, 5) is 15.7. The van der Waals surface area contributed by atoms with Crippen LogP contribution < -0.4 is 19.9 Å². The highest BCUT2D eigenvalue weighted by Crippen LogP contribution is 2.31. The predicted octanol–water partition coefficient (Wildman–Crippen LogP) is 2.12. The van der Waals surface area contributed by atoms with Crippen molar-refractivity contribution in [2.75, 3.05) is 38.2 Å². The molecule has 162 valence electrons. The molecule has 1 atom stereocenters. The summed E-state index contributed by atoms with van der Waals surface area (Å²) in [6, 6.07) is 12.7. The third-order valence-electron chi connectivity index (χ3n) is 5.60. The second-order valence-electron chi connectivity index (χ2n) is 7.44. The molecular formula is C22H27F3N3O2+. The number of benzene rings is 2. The Kier molecular flexibility index (Phi) is 6.87. The summed E-state index contributed by atoms with van der Waals surface area (Å²) in [5.41, 5.74) is 0.834. The van der Waals surface area contributed by atoms with Gasteiger partial charge in [-0.25, -0.2) is 0 Å². The van der Waals surface area contributed by atoms with Gasteiger partial charge in [0.2, 0.25) is 0 Å². The van der Waals surface area contributed by atoms with Gasteiger partial charge in [-0.1, -0.05) is 24.3 Å². The van der Waals surface area contributed by atoms with Crippen molar-refractivity contribution in [3.05, 3.63) is 59.7 Å². The van der Waals surface area contributed by atoms with Gasteiger partial charge in [0.25, 0.3) is 5.91 Å². The average Bonchev–Trinajstić information content (AvgIpc) is 2.76. The van der Waals surface area contributed by atoms with E-state index in [4.69, 9.17) is 4.74 Å². The van der Waals surface area contributed by atoms with E-state index < -0.39 is 11.7 Å². The second-order valence-corrected chi connectivity index (χ2v) is 7.44. The molecule has 8 heteroatoms. The number of ether oxygens (including phenoxy) is 1. The van der Waals surface area contributed by atoms with Gasteiger partial charge in [0.05, 0.1) is 38.9 Å². The van der Waals surface area contributed by atoms with Crippen LogP contribution in [0.25, 0.3) is 0 Å². The number of methoxy groups -OCH3 is 1. The number of hydrogen-bond donors (Lipinski definition) is 2. The fourth-order valence-corrected chi connectivity index (χ4v) is 3.73. The molecule has 1 fully saturated rings. The molecule has 2 N–H and O–H groups in total. The number of carbonyl (C=O) groups excluding carboxylic acids is 1. The van der Waals surface area contributed by atoms with Crippen molar-refractivity contribution in [3.63, 3.8) is 0 Å². The zero-order valence-corrected chi connectivity index (χ0v) is 17.1. The summed E-state index contributed by atoms with van der Waals surface area (Å²) >= 11 is 0. The molecule has 0 spiro atoms. The van der Waals surface area contributed by atoms with Crippen LogP contribution in [0.1, 0.15) is 18.1 Å². The topological polar surface area (TPSA) is 46.0 Å². The van der Waals surface area contributed by atoms with Crippen molar-refractivity contribution in [3.8, 4) is 5.75 Å². The first kappa shape index (κ1) is 22.0. The maximum Gasteiger partial charge on any atom is 0.416 e. The first-order valence-corrected chi connectivity index (χ1v) is 9.96. The number of anilines is 1. The molecular weight excluding hydrogens is 395 g/mol. The number of hydrogen-bond acceptors (Lipinski definition) is 3. The summed E-state index contributed by atoms with van der Waals surface area (Å²) in [7, 11) is 1.59. The number of piperazine rings is 1. The van der Waals surface area contributed by atoms with E-state index in [2.05, 4.69) is 5.32 Å². The molecule has 1 aliphatic rings. The van der Waals surface area contributed by atoms with E-state index in [-0.39, 0.29) is 11.9 Å². The van der Waals surface area contributed by atoms with E-state index in [9.17, 15) is 18.0 Å². The molecule has 0 aliphatic carbocycles. The highest BCUT2D eigenvalue weighted by molar-refractivity contribution is 5.80. The molecule has 5 nitrogen and oxygen atoms in total. The minimum absolute atomic E-state index is 0.0524. The first-order valence-electron chi connectivity index (χ1n) is 9.96. The molecule has 1 amide bonds. The molecule has 1 saturated heterocycles. The molecule has 0 radical (unpaired) electrons. The van der Waals surface area contributed by atoms with Gasteiger partial charge >= 0.3 is 6.18 Å². The van der Waals surface area contributed by atoms with Gasteiger partial charge < -0.3 is 19.9 Å². The summed E-state index contributed by atoms with van der Waals surface area (Å²) in [5, 5.41) is 2.96. The second kappa shape index (κ2) is 9.38. The monoisotopic (exact) mass is 422 g/mol. The molecule has 1 heterocycles. The molecule has 3 rings (SSSR count). The van der Waals surface area contributed by atoms with Crippen LogP contribution in [0.2, 0.25) is 0 Å². The SMILES string of the molecule is COc1ccccc1CNC(=O)[C@H](C)[NH+]1CCN(c2cccc(C(F)(F)F)c2)CC1. The molecule has 0 saturated carbocycles. The first-order chi connectivity index (χ1) is 14.3. The van der Waals surface area contributed by atoms with Gasteiger partial charge in [-0.3, -0.25) is 4.79 Å². The highest BCUT2D eigenvalue weighted by Gasteiger charge is 2.32. The number of rotatable bonds is 6. The molecule has 0 unspecified atom stereocenters. The van der Waals surface area contributed by atoms with Crippen LogP contribution in [0.5, 0.6) is 5.75 Å². The van der Waals surface area contributed by atoms with Crippen LogP contribution in [0.3, 0.4) is 0 Å². The Bertz CT molecular complexity index is 865. The van der Waals surface area contributed by atoms with E-state index in [1.807, 2.05) is 36.1 Å². The Morgan fingerprint density at radius 3 is 2.53 bits per heavy atom. The Balaban J connectivity index is 1.53. The fourth-order valence-electron chi connectivity index (χ4n) is 3.73. The third kappa shape index (κ3) is 5.24. The van der Waals surface area contributed by atoms with Gasteiger partial charge in [0.1, 0.15) is 5.75 Å². The van der Waals surface area contributed by atoms with Crippen molar-refractivity contribution >= 4 is 11.6 Å². The predicted molar refractivity (Wildman–Crippen MR) is 109 cm³/mol. The smallest absolute Gasteiger partial charge is 0.416 e. The van der Waals surface area contributed by atoms with Crippen LogP contribution in [0.15, 0.2) is 48.5 Å². The highest BCUT2D eigenvalue weighted by atomic mass is 19.4. The van der Waals surface area contributed by atoms with E-state index in [0.29, 0.717) is 38.4 Å². The van der Waals surface area contributed by atoms with Gasteiger partial charge in [-0.2, -0.15) is 13.2 Å². The van der Waals surface area contributed by atoms with Crippen molar-refractivity contribution in [1.29, 1.82) is 0 Å². The number of quaternary nitrogens is 1. The summed E-state index contributed by atoms with van der Waals surface area (Å²) < 4.78 is 44.2. The quantitative estimate of drug-likeness (QED) is 0.750. The number of carbonyl (C=O) groups is 1. The zero-order chi connectivity index (χ0) is 21.7. The van der Waals surface area contributed by atoms with Crippen LogP contribution in [0.4, 0.5) is 18.9 Å². The van der Waals surface area contributed by atoms with Gasteiger partial charge in [-0.15, -0.1) is 0 Å². The number of alkyl halides is 3. The average molecular weight is 422 g/mol. The maximum absolute atomic E-state index is 13.0. The van der Waals surface area contributed by atoms with Gasteiger partial charge in [0, 0.05) is 17.8 Å². The van der Waals surface area contributed by atoms with Crippen LogP contribution in [0, 0.1) is 0 Å². The van der Waals surface area contributed by atoms with E-state index in [0.717, 1.165) is 22.3 Å². The zero-order valence-electron chi connectivity index (χ0n) is 17.1. The lowest BCUT2D eigenvalue weighted by molar-refractivity contribution is -0.914. The lowest BCUT2D eigenvalue weighted by atomic mass is 10.1. The maximum atomic E-state index is 13.0. The van der Waals surface area contributed by atoms with E-state index >= 15 is 0 Å². The number of halogens is 3. The Morgan fingerprint density at radius 2 is 1.87 bits per heavy atom. The fraction of sp³-hybridized carbons (Fsp3) is 0.409. The summed E-state index contributed by atoms with van der Waals surface area (Å²) in [5.74, 6) is 0.677. The Morgan fingerprint density at radius 1 is 1.17 bits per heavy atom. The number of para-hydroxylation sites is 1. The van der Waals surface area contributed by atoms with Crippen molar-refractivity contribution in [2.45, 2.75) is 25.7 Å². The van der Waals surface area contributed by atoms with E-state index in [1.165, 1.54) is 12.1 Å². The number of amides is 1. The third-order valence-corrected chi connectivity index (χ3v) is 5.60. The summed E-state index contributed by atoms with van der Waals surface area (Å²) in [6.45, 7) is 4.82. The number of nitrogens with zero attached hydrogens (tertiary/aromatic N) is 1. The summed E-state index contributed by atoms with van der Waals surface area (Å²) in [6.07, 6.45) is -4.35. The largest absolute Gasteiger partial charge is 0.496 e. The van der Waals surface area contributed by atoms with Crippen molar-refractivity contribution in [2.24, 2.45) is 0 Å².